The lowest BCUT2D eigenvalue weighted by atomic mass is 10.2. The first-order valence-electron chi connectivity index (χ1n) is 7.22. The van der Waals surface area contributed by atoms with Crippen molar-refractivity contribution in [2.75, 3.05) is 6.54 Å². The fourth-order valence-electron chi connectivity index (χ4n) is 2.34. The number of para-hydroxylation sites is 1. The molecule has 0 atom stereocenters. The van der Waals surface area contributed by atoms with Gasteiger partial charge < -0.3 is 0 Å². The summed E-state index contributed by atoms with van der Waals surface area (Å²) >= 11 is 0. The Morgan fingerprint density at radius 2 is 1.83 bits per heavy atom. The Labute approximate surface area is 133 Å². The number of rotatable bonds is 6. The van der Waals surface area contributed by atoms with Gasteiger partial charge in [0.2, 0.25) is 10.0 Å². The third-order valence-corrected chi connectivity index (χ3v) is 4.99. The van der Waals surface area contributed by atoms with Gasteiger partial charge in [0.15, 0.2) is 0 Å². The van der Waals surface area contributed by atoms with E-state index in [0.717, 1.165) is 23.0 Å². The lowest BCUT2D eigenvalue weighted by molar-refractivity contribution is 0.559. The molecule has 23 heavy (non-hydrogen) atoms. The van der Waals surface area contributed by atoms with Gasteiger partial charge in [-0.05, 0) is 36.8 Å². The van der Waals surface area contributed by atoms with E-state index in [4.69, 9.17) is 0 Å². The number of benzene rings is 2. The highest BCUT2D eigenvalue weighted by Gasteiger charge is 2.13. The number of aryl methyl sites for hydroxylation is 1. The van der Waals surface area contributed by atoms with Gasteiger partial charge in [0.05, 0.1) is 16.6 Å². The van der Waals surface area contributed by atoms with Crippen LogP contribution in [0.25, 0.3) is 10.9 Å². The van der Waals surface area contributed by atoms with Gasteiger partial charge in [-0.1, -0.05) is 18.2 Å². The lowest BCUT2D eigenvalue weighted by Crippen LogP contribution is -2.25. The zero-order chi connectivity index (χ0) is 16.3. The maximum atomic E-state index is 12.8. The molecule has 0 aliphatic rings. The Balaban J connectivity index is 1.58. The van der Waals surface area contributed by atoms with E-state index >= 15 is 0 Å². The SMILES string of the molecule is O=S(=O)(NCCCn1ncc2ccccc21)c1ccc(F)cc1. The molecule has 0 amide bonds. The minimum Gasteiger partial charge on any atom is -0.265 e. The first-order valence-corrected chi connectivity index (χ1v) is 8.70. The van der Waals surface area contributed by atoms with Gasteiger partial charge in [-0.2, -0.15) is 5.10 Å². The third-order valence-electron chi connectivity index (χ3n) is 3.51. The normalized spacial score (nSPS) is 11.9. The number of aromatic nitrogens is 2. The van der Waals surface area contributed by atoms with Crippen molar-refractivity contribution in [2.24, 2.45) is 0 Å². The van der Waals surface area contributed by atoms with Gasteiger partial charge in [-0.25, -0.2) is 17.5 Å². The second kappa shape index (κ2) is 6.47. The van der Waals surface area contributed by atoms with Crippen molar-refractivity contribution < 1.29 is 12.8 Å². The molecule has 0 unspecified atom stereocenters. The molecule has 1 N–H and O–H groups in total. The van der Waals surface area contributed by atoms with Crippen molar-refractivity contribution in [3.8, 4) is 0 Å². The molecule has 0 saturated heterocycles. The molecule has 1 aromatic heterocycles. The average Bonchev–Trinajstić information content (AvgIpc) is 2.95. The summed E-state index contributed by atoms with van der Waals surface area (Å²) < 4.78 is 41.3. The fourth-order valence-corrected chi connectivity index (χ4v) is 3.41. The lowest BCUT2D eigenvalue weighted by Gasteiger charge is -2.07. The van der Waals surface area contributed by atoms with Crippen LogP contribution in [-0.4, -0.2) is 24.7 Å². The second-order valence-corrected chi connectivity index (χ2v) is 6.90. The summed E-state index contributed by atoms with van der Waals surface area (Å²) in [5.41, 5.74) is 1.02. The highest BCUT2D eigenvalue weighted by atomic mass is 32.2. The van der Waals surface area contributed by atoms with Crippen molar-refractivity contribution in [3.05, 3.63) is 60.5 Å². The van der Waals surface area contributed by atoms with E-state index in [0.29, 0.717) is 13.0 Å². The molecular weight excluding hydrogens is 317 g/mol. The highest BCUT2D eigenvalue weighted by Crippen LogP contribution is 2.13. The maximum Gasteiger partial charge on any atom is 0.240 e. The van der Waals surface area contributed by atoms with E-state index in [1.54, 1.807) is 6.20 Å². The molecule has 5 nitrogen and oxygen atoms in total. The van der Waals surface area contributed by atoms with Gasteiger partial charge in [-0.15, -0.1) is 0 Å². The maximum absolute atomic E-state index is 12.8. The summed E-state index contributed by atoms with van der Waals surface area (Å²) in [4.78, 5) is 0.0587. The molecule has 0 aliphatic heterocycles. The van der Waals surface area contributed by atoms with Crippen LogP contribution in [0.3, 0.4) is 0 Å². The minimum atomic E-state index is -3.61. The van der Waals surface area contributed by atoms with Crippen molar-refractivity contribution in [1.29, 1.82) is 0 Å². The van der Waals surface area contributed by atoms with Crippen LogP contribution in [0, 0.1) is 5.82 Å². The summed E-state index contributed by atoms with van der Waals surface area (Å²) in [7, 11) is -3.61. The molecule has 120 valence electrons. The van der Waals surface area contributed by atoms with Crippen LogP contribution in [0.15, 0.2) is 59.6 Å². The van der Waals surface area contributed by atoms with Crippen LogP contribution in [0.1, 0.15) is 6.42 Å². The Hall–Kier alpha value is -2.25. The molecule has 3 rings (SSSR count). The summed E-state index contributed by atoms with van der Waals surface area (Å²) in [5.74, 6) is -0.463. The molecule has 1 heterocycles. The van der Waals surface area contributed by atoms with Crippen molar-refractivity contribution in [1.82, 2.24) is 14.5 Å². The van der Waals surface area contributed by atoms with Crippen LogP contribution < -0.4 is 4.72 Å². The van der Waals surface area contributed by atoms with Crippen molar-refractivity contribution in [3.63, 3.8) is 0 Å². The largest absolute Gasteiger partial charge is 0.265 e. The Bertz CT molecular complexity index is 904. The molecule has 2 aromatic carbocycles. The smallest absolute Gasteiger partial charge is 0.240 e. The van der Waals surface area contributed by atoms with Gasteiger partial charge in [0, 0.05) is 18.5 Å². The second-order valence-electron chi connectivity index (χ2n) is 5.13. The molecule has 0 saturated carbocycles. The molecule has 0 radical (unpaired) electrons. The zero-order valence-corrected chi connectivity index (χ0v) is 13.1. The Kier molecular flexibility index (Phi) is 4.40. The van der Waals surface area contributed by atoms with E-state index in [2.05, 4.69) is 9.82 Å². The summed E-state index contributed by atoms with van der Waals surface area (Å²) in [5, 5.41) is 5.35. The number of hydrogen-bond acceptors (Lipinski definition) is 3. The van der Waals surface area contributed by atoms with E-state index in [1.165, 1.54) is 12.1 Å². The average molecular weight is 333 g/mol. The number of nitrogens with one attached hydrogen (secondary N) is 1. The van der Waals surface area contributed by atoms with Crippen molar-refractivity contribution in [2.45, 2.75) is 17.9 Å². The Morgan fingerprint density at radius 3 is 2.61 bits per heavy atom. The van der Waals surface area contributed by atoms with Crippen LogP contribution >= 0.6 is 0 Å². The van der Waals surface area contributed by atoms with Gasteiger partial charge >= 0.3 is 0 Å². The summed E-state index contributed by atoms with van der Waals surface area (Å²) in [6, 6.07) is 12.6. The van der Waals surface area contributed by atoms with Gasteiger partial charge in [-0.3, -0.25) is 4.68 Å². The molecule has 0 fully saturated rings. The molecule has 3 aromatic rings. The van der Waals surface area contributed by atoms with Gasteiger partial charge in [0.25, 0.3) is 0 Å². The minimum absolute atomic E-state index is 0.0587. The zero-order valence-electron chi connectivity index (χ0n) is 12.3. The number of fused-ring (bicyclic) bond motifs is 1. The standard InChI is InChI=1S/C16H16FN3O2S/c17-14-6-8-15(9-7-14)23(21,22)19-10-3-11-20-16-5-2-1-4-13(16)12-18-20/h1-2,4-9,12,19H,3,10-11H2. The highest BCUT2D eigenvalue weighted by molar-refractivity contribution is 7.89. The third kappa shape index (κ3) is 3.57. The fraction of sp³-hybridized carbons (Fsp3) is 0.188. The summed E-state index contributed by atoms with van der Waals surface area (Å²) in [6.45, 7) is 0.896. The predicted molar refractivity (Wildman–Crippen MR) is 85.9 cm³/mol. The molecule has 0 bridgehead atoms. The number of halogens is 1. The van der Waals surface area contributed by atoms with E-state index in [1.807, 2.05) is 28.9 Å². The molecule has 0 spiro atoms. The topological polar surface area (TPSA) is 64.0 Å². The van der Waals surface area contributed by atoms with Crippen molar-refractivity contribution >= 4 is 20.9 Å². The van der Waals surface area contributed by atoms with Crippen LogP contribution in [0.5, 0.6) is 0 Å². The summed E-state index contributed by atoms with van der Waals surface area (Å²) in [6.07, 6.45) is 2.39. The quantitative estimate of drug-likeness (QED) is 0.705. The first-order chi connectivity index (χ1) is 11.1. The van der Waals surface area contributed by atoms with Crippen LogP contribution in [-0.2, 0) is 16.6 Å². The number of sulfonamides is 1. The predicted octanol–water partition coefficient (Wildman–Crippen LogP) is 2.54. The molecule has 7 heteroatoms. The number of nitrogens with zero attached hydrogens (tertiary/aromatic N) is 2. The van der Waals surface area contributed by atoms with Gasteiger partial charge in [0.1, 0.15) is 5.82 Å². The Morgan fingerprint density at radius 1 is 1.09 bits per heavy atom. The number of hydrogen-bond donors (Lipinski definition) is 1. The molecule has 0 aliphatic carbocycles. The van der Waals surface area contributed by atoms with Crippen LogP contribution in [0.4, 0.5) is 4.39 Å². The molecular formula is C16H16FN3O2S. The van der Waals surface area contributed by atoms with E-state index in [-0.39, 0.29) is 11.4 Å². The van der Waals surface area contributed by atoms with Crippen LogP contribution in [0.2, 0.25) is 0 Å². The first kappa shape index (κ1) is 15.6. The monoisotopic (exact) mass is 333 g/mol. The van der Waals surface area contributed by atoms with E-state index in [9.17, 15) is 12.8 Å². The van der Waals surface area contributed by atoms with E-state index < -0.39 is 15.8 Å².